The van der Waals surface area contributed by atoms with Gasteiger partial charge < -0.3 is 5.32 Å². The van der Waals surface area contributed by atoms with Crippen molar-refractivity contribution in [2.24, 2.45) is 0 Å². The molecule has 1 aliphatic rings. The van der Waals surface area contributed by atoms with Gasteiger partial charge in [0.25, 0.3) is 5.91 Å². The fourth-order valence-electron chi connectivity index (χ4n) is 1.07. The third-order valence-electron chi connectivity index (χ3n) is 1.56. The van der Waals surface area contributed by atoms with Crippen molar-refractivity contribution < 1.29 is 44.0 Å². The Hall–Kier alpha value is -0.360. The Kier molecular flexibility index (Phi) is 6.03. The maximum absolute atomic E-state index is 11.0. The molecule has 1 fully saturated rings. The van der Waals surface area contributed by atoms with Gasteiger partial charge in [-0.05, 0) is 19.9 Å². The quantitative estimate of drug-likeness (QED) is 0.372. The third kappa shape index (κ3) is 4.23. The van der Waals surface area contributed by atoms with E-state index in [1.807, 2.05) is 0 Å². The van der Waals surface area contributed by atoms with Gasteiger partial charge in [-0.2, -0.15) is 0 Å². The van der Waals surface area contributed by atoms with Crippen LogP contribution < -0.4 is 40.4 Å². The first-order chi connectivity index (χ1) is 6.09. The molecule has 1 aliphatic heterocycles. The average Bonchev–Trinajstić information content (AvgIpc) is 2.34. The molecule has 14 heavy (non-hydrogen) atoms. The molecular formula is C8H12N2NaO3+. The maximum atomic E-state index is 11.0. The van der Waals surface area contributed by atoms with Gasteiger partial charge >= 0.3 is 29.6 Å². The maximum Gasteiger partial charge on any atom is 1.00 e. The number of hydrogen-bond acceptors (Lipinski definition) is 4. The minimum Gasteiger partial charge on any atom is -0.375 e. The van der Waals surface area contributed by atoms with E-state index in [1.165, 1.54) is 13.0 Å². The Morgan fingerprint density at radius 3 is 2.71 bits per heavy atom. The molecular weight excluding hydrogens is 195 g/mol. The molecule has 0 aromatic rings. The summed E-state index contributed by atoms with van der Waals surface area (Å²) in [5.41, 5.74) is 2.88. The van der Waals surface area contributed by atoms with Gasteiger partial charge in [-0.15, -0.1) is 0 Å². The number of nitrogens with one attached hydrogen (secondary N) is 2. The van der Waals surface area contributed by atoms with Gasteiger partial charge in [-0.1, -0.05) is 0 Å². The number of carbonyl (C=O) groups is 2. The molecule has 1 amide bonds. The summed E-state index contributed by atoms with van der Waals surface area (Å²) in [6, 6.07) is -0.393. The van der Waals surface area contributed by atoms with Crippen LogP contribution in [0.25, 0.3) is 0 Å². The van der Waals surface area contributed by atoms with Gasteiger partial charge in [0.05, 0.1) is 0 Å². The first kappa shape index (κ1) is 13.6. The van der Waals surface area contributed by atoms with Crippen molar-refractivity contribution in [1.29, 1.82) is 0 Å². The fraction of sp³-hybridized carbons (Fsp3) is 0.500. The number of allylic oxidation sites excluding steroid dienone is 2. The van der Waals surface area contributed by atoms with Crippen LogP contribution in [0.1, 0.15) is 13.8 Å². The minimum atomic E-state index is -0.393. The zero-order valence-corrected chi connectivity index (χ0v) is 10.6. The molecule has 0 aliphatic carbocycles. The van der Waals surface area contributed by atoms with Gasteiger partial charge in [-0.3, -0.25) is 14.4 Å². The van der Waals surface area contributed by atoms with E-state index in [0.29, 0.717) is 5.70 Å². The van der Waals surface area contributed by atoms with Gasteiger partial charge in [0, 0.05) is 5.70 Å². The number of rotatable bonds is 3. The van der Waals surface area contributed by atoms with E-state index in [2.05, 4.69) is 10.8 Å². The Morgan fingerprint density at radius 1 is 1.64 bits per heavy atom. The zero-order chi connectivity index (χ0) is 9.84. The van der Waals surface area contributed by atoms with E-state index in [4.69, 9.17) is 4.84 Å². The molecule has 6 heteroatoms. The Morgan fingerprint density at radius 2 is 2.29 bits per heavy atom. The predicted octanol–water partition coefficient (Wildman–Crippen LogP) is -3.50. The van der Waals surface area contributed by atoms with E-state index >= 15 is 0 Å². The molecule has 1 rings (SSSR count). The summed E-state index contributed by atoms with van der Waals surface area (Å²) in [6.45, 7) is 3.46. The van der Waals surface area contributed by atoms with Gasteiger partial charge in [0.15, 0.2) is 5.78 Å². The number of carbonyl (C=O) groups excluding carboxylic acids is 2. The fourth-order valence-corrected chi connectivity index (χ4v) is 1.07. The number of hydrogen-bond donors (Lipinski definition) is 2. The van der Waals surface area contributed by atoms with E-state index in [9.17, 15) is 9.59 Å². The van der Waals surface area contributed by atoms with Crippen molar-refractivity contribution in [1.82, 2.24) is 10.8 Å². The van der Waals surface area contributed by atoms with E-state index < -0.39 is 6.04 Å². The Labute approximate surface area is 105 Å². The second-order valence-corrected chi connectivity index (χ2v) is 2.91. The number of ketones is 1. The molecule has 1 heterocycles. The van der Waals surface area contributed by atoms with Crippen LogP contribution in [0.15, 0.2) is 11.8 Å². The molecule has 0 spiro atoms. The van der Waals surface area contributed by atoms with Crippen LogP contribution in [0.5, 0.6) is 0 Å². The van der Waals surface area contributed by atoms with Crippen LogP contribution in [0.4, 0.5) is 0 Å². The summed E-state index contributed by atoms with van der Waals surface area (Å²) >= 11 is 0. The third-order valence-corrected chi connectivity index (χ3v) is 1.56. The Balaban J connectivity index is 0.00000169. The smallest absolute Gasteiger partial charge is 0.375 e. The van der Waals surface area contributed by atoms with Crippen LogP contribution in [0.3, 0.4) is 0 Å². The van der Waals surface area contributed by atoms with E-state index in [1.54, 1.807) is 6.92 Å². The molecule has 5 nitrogen and oxygen atoms in total. The molecule has 0 aromatic heterocycles. The van der Waals surface area contributed by atoms with Crippen molar-refractivity contribution in [3.05, 3.63) is 11.8 Å². The van der Waals surface area contributed by atoms with Crippen LogP contribution in [-0.4, -0.2) is 24.3 Å². The van der Waals surface area contributed by atoms with Crippen LogP contribution in [0.2, 0.25) is 0 Å². The second kappa shape index (κ2) is 6.19. The van der Waals surface area contributed by atoms with Crippen molar-refractivity contribution in [3.63, 3.8) is 0 Å². The molecule has 0 bridgehead atoms. The van der Waals surface area contributed by atoms with Crippen molar-refractivity contribution in [2.45, 2.75) is 19.9 Å². The topological polar surface area (TPSA) is 67.4 Å². The summed E-state index contributed by atoms with van der Waals surface area (Å²) in [5.74, 6) is -0.263. The average molecular weight is 207 g/mol. The molecule has 2 N–H and O–H groups in total. The van der Waals surface area contributed by atoms with Gasteiger partial charge in [-0.25, -0.2) is 5.48 Å². The summed E-state index contributed by atoms with van der Waals surface area (Å²) < 4.78 is 0. The van der Waals surface area contributed by atoms with E-state index in [-0.39, 0.29) is 47.9 Å². The number of hydroxylamine groups is 1. The zero-order valence-electron chi connectivity index (χ0n) is 8.59. The summed E-state index contributed by atoms with van der Waals surface area (Å²) in [7, 11) is 0. The molecule has 0 saturated carbocycles. The first-order valence-electron chi connectivity index (χ1n) is 3.96. The predicted molar refractivity (Wildman–Crippen MR) is 45.5 cm³/mol. The molecule has 0 radical (unpaired) electrons. The van der Waals surface area contributed by atoms with Crippen molar-refractivity contribution in [2.75, 3.05) is 6.61 Å². The van der Waals surface area contributed by atoms with Gasteiger partial charge in [0.2, 0.25) is 0 Å². The first-order valence-corrected chi connectivity index (χ1v) is 3.96. The monoisotopic (exact) mass is 207 g/mol. The van der Waals surface area contributed by atoms with Crippen LogP contribution in [-0.2, 0) is 14.4 Å². The summed E-state index contributed by atoms with van der Waals surface area (Å²) in [5, 5.41) is 2.86. The van der Waals surface area contributed by atoms with Crippen molar-refractivity contribution in [3.8, 4) is 0 Å². The normalized spacial score (nSPS) is 21.1. The Bertz CT molecular complexity index is 265. The molecule has 0 unspecified atom stereocenters. The summed E-state index contributed by atoms with van der Waals surface area (Å²) in [6.07, 6.45) is 1.44. The van der Waals surface area contributed by atoms with Crippen LogP contribution >= 0.6 is 0 Å². The molecule has 72 valence electrons. The second-order valence-electron chi connectivity index (χ2n) is 2.91. The molecule has 1 saturated heterocycles. The SMILES string of the molecule is CC(=O)C=C(C)N[C@@H]1CONC1=O.[Na+]. The standard InChI is InChI=1S/C8H12N2O3.Na/c1-5(3-6(2)11)9-7-4-13-10-8(7)12;/h3,7,9H,4H2,1-2H3,(H,10,12);/q;+1/t7-;/m1./s1. The molecule has 0 aromatic carbocycles. The van der Waals surface area contributed by atoms with E-state index in [0.717, 1.165) is 0 Å². The molecule has 1 atom stereocenters. The van der Waals surface area contributed by atoms with Crippen molar-refractivity contribution >= 4 is 11.7 Å². The number of amides is 1. The minimum absolute atomic E-state index is 0. The van der Waals surface area contributed by atoms with Crippen LogP contribution in [0, 0.1) is 0 Å². The van der Waals surface area contributed by atoms with Gasteiger partial charge in [0.1, 0.15) is 12.6 Å². The summed E-state index contributed by atoms with van der Waals surface area (Å²) in [4.78, 5) is 26.3. The largest absolute Gasteiger partial charge is 1.00 e.